The van der Waals surface area contributed by atoms with Crippen LogP contribution in [0.15, 0.2) is 42.5 Å². The van der Waals surface area contributed by atoms with E-state index >= 15 is 0 Å². The lowest BCUT2D eigenvalue weighted by Gasteiger charge is -2.28. The molecule has 3 rings (SSSR count). The van der Waals surface area contributed by atoms with Crippen molar-refractivity contribution in [1.29, 1.82) is 0 Å². The topological polar surface area (TPSA) is 26.3 Å². The smallest absolute Gasteiger partial charge is 0.343 e. The zero-order valence-corrected chi connectivity index (χ0v) is 15.6. The van der Waals surface area contributed by atoms with E-state index in [9.17, 15) is 9.18 Å². The second kappa shape index (κ2) is 8.48. The molecule has 1 aliphatic carbocycles. The second-order valence-electron chi connectivity index (χ2n) is 7.43. The zero-order chi connectivity index (χ0) is 18.5. The highest BCUT2D eigenvalue weighted by Crippen LogP contribution is 2.37. The van der Waals surface area contributed by atoms with E-state index < -0.39 is 5.97 Å². The van der Waals surface area contributed by atoms with Crippen molar-refractivity contribution in [3.8, 4) is 5.75 Å². The molecule has 1 fully saturated rings. The maximum absolute atomic E-state index is 13.6. The molecule has 0 unspecified atom stereocenters. The fourth-order valence-corrected chi connectivity index (χ4v) is 3.89. The lowest BCUT2D eigenvalue weighted by Crippen LogP contribution is -2.13. The summed E-state index contributed by atoms with van der Waals surface area (Å²) in [6, 6.07) is 12.2. The molecule has 1 aliphatic rings. The van der Waals surface area contributed by atoms with Crippen molar-refractivity contribution in [2.75, 3.05) is 0 Å². The molecular formula is C23H27FO2. The van der Waals surface area contributed by atoms with Crippen LogP contribution in [0.4, 0.5) is 4.39 Å². The Labute approximate surface area is 155 Å². The van der Waals surface area contributed by atoms with E-state index in [0.717, 1.165) is 5.92 Å². The van der Waals surface area contributed by atoms with E-state index in [1.165, 1.54) is 50.2 Å². The average Bonchev–Trinajstić information content (AvgIpc) is 2.66. The zero-order valence-electron chi connectivity index (χ0n) is 15.6. The average molecular weight is 354 g/mol. The molecule has 0 radical (unpaired) electrons. The SMILES string of the molecule is CCCC1CCC(c2ccc(C(=O)Oc3ccc(C)c(F)c3)cc2)CC1. The van der Waals surface area contributed by atoms with Gasteiger partial charge in [0.2, 0.25) is 0 Å². The van der Waals surface area contributed by atoms with Crippen LogP contribution in [0, 0.1) is 18.7 Å². The summed E-state index contributed by atoms with van der Waals surface area (Å²) in [5, 5.41) is 0. The first-order chi connectivity index (χ1) is 12.6. The summed E-state index contributed by atoms with van der Waals surface area (Å²) in [5.41, 5.74) is 2.33. The lowest BCUT2D eigenvalue weighted by atomic mass is 9.77. The van der Waals surface area contributed by atoms with Crippen LogP contribution in [0.3, 0.4) is 0 Å². The Bertz CT molecular complexity index is 743. The summed E-state index contributed by atoms with van der Waals surface area (Å²) >= 11 is 0. The number of hydrogen-bond acceptors (Lipinski definition) is 2. The minimum atomic E-state index is -0.452. The fourth-order valence-electron chi connectivity index (χ4n) is 3.89. The van der Waals surface area contributed by atoms with Gasteiger partial charge in [-0.25, -0.2) is 9.18 Å². The number of rotatable bonds is 5. The van der Waals surface area contributed by atoms with Gasteiger partial charge in [-0.15, -0.1) is 0 Å². The monoisotopic (exact) mass is 354 g/mol. The molecule has 138 valence electrons. The first-order valence-corrected chi connectivity index (χ1v) is 9.65. The number of halogens is 1. The summed E-state index contributed by atoms with van der Waals surface area (Å²) in [6.07, 6.45) is 7.70. The third-order valence-electron chi connectivity index (χ3n) is 5.52. The van der Waals surface area contributed by atoms with Gasteiger partial charge < -0.3 is 4.74 Å². The van der Waals surface area contributed by atoms with Crippen molar-refractivity contribution in [2.45, 2.75) is 58.3 Å². The van der Waals surface area contributed by atoms with Gasteiger partial charge in [-0.3, -0.25) is 0 Å². The van der Waals surface area contributed by atoms with Gasteiger partial charge in [0.1, 0.15) is 11.6 Å². The van der Waals surface area contributed by atoms with E-state index in [2.05, 4.69) is 6.92 Å². The maximum Gasteiger partial charge on any atom is 0.343 e. The van der Waals surface area contributed by atoms with Crippen molar-refractivity contribution in [2.24, 2.45) is 5.92 Å². The number of ether oxygens (including phenoxy) is 1. The van der Waals surface area contributed by atoms with Crippen molar-refractivity contribution in [3.63, 3.8) is 0 Å². The highest BCUT2D eigenvalue weighted by molar-refractivity contribution is 5.91. The predicted molar refractivity (Wildman–Crippen MR) is 102 cm³/mol. The van der Waals surface area contributed by atoms with Crippen LogP contribution in [0.25, 0.3) is 0 Å². The molecule has 0 aliphatic heterocycles. The predicted octanol–water partition coefficient (Wildman–Crippen LogP) is 6.43. The minimum absolute atomic E-state index is 0.233. The number of esters is 1. The molecule has 2 nitrogen and oxygen atoms in total. The highest BCUT2D eigenvalue weighted by atomic mass is 19.1. The standard InChI is InChI=1S/C23H27FO2/c1-3-4-17-6-8-18(9-7-17)19-10-12-20(13-11-19)23(25)26-21-14-5-16(2)22(24)15-21/h5,10-15,17-18H,3-4,6-9H2,1-2H3. The lowest BCUT2D eigenvalue weighted by molar-refractivity contribution is 0.0734. The van der Waals surface area contributed by atoms with E-state index in [1.54, 1.807) is 19.1 Å². The summed E-state index contributed by atoms with van der Waals surface area (Å²) < 4.78 is 18.9. The number of benzene rings is 2. The van der Waals surface area contributed by atoms with Crippen LogP contribution in [-0.4, -0.2) is 5.97 Å². The van der Waals surface area contributed by atoms with Gasteiger partial charge in [-0.2, -0.15) is 0 Å². The van der Waals surface area contributed by atoms with Crippen LogP contribution in [0.1, 0.15) is 72.9 Å². The molecule has 2 aromatic carbocycles. The number of hydrogen-bond donors (Lipinski definition) is 0. The van der Waals surface area contributed by atoms with Gasteiger partial charge in [0.05, 0.1) is 5.56 Å². The molecule has 0 spiro atoms. The molecule has 0 bridgehead atoms. The Hall–Kier alpha value is -2.16. The van der Waals surface area contributed by atoms with Gasteiger partial charge in [0.25, 0.3) is 0 Å². The first kappa shape index (κ1) is 18.6. The Morgan fingerprint density at radius 2 is 1.77 bits per heavy atom. The van der Waals surface area contributed by atoms with E-state index in [4.69, 9.17) is 4.74 Å². The van der Waals surface area contributed by atoms with E-state index in [0.29, 0.717) is 17.0 Å². The molecular weight excluding hydrogens is 327 g/mol. The number of carbonyl (C=O) groups is 1. The Balaban J connectivity index is 1.60. The Kier molecular flexibility index (Phi) is 6.08. The first-order valence-electron chi connectivity index (χ1n) is 9.65. The van der Waals surface area contributed by atoms with Crippen LogP contribution in [0.5, 0.6) is 5.75 Å². The third-order valence-corrected chi connectivity index (χ3v) is 5.52. The quantitative estimate of drug-likeness (QED) is 0.457. The molecule has 2 aromatic rings. The van der Waals surface area contributed by atoms with Crippen molar-refractivity contribution in [1.82, 2.24) is 0 Å². The molecule has 0 amide bonds. The summed E-state index contributed by atoms with van der Waals surface area (Å²) in [5.74, 6) is 0.895. The van der Waals surface area contributed by atoms with Crippen molar-refractivity contribution in [3.05, 3.63) is 65.0 Å². The number of carbonyl (C=O) groups excluding carboxylic acids is 1. The molecule has 0 N–H and O–H groups in total. The molecule has 0 atom stereocenters. The highest BCUT2D eigenvalue weighted by Gasteiger charge is 2.22. The minimum Gasteiger partial charge on any atom is -0.423 e. The van der Waals surface area contributed by atoms with Crippen LogP contribution in [-0.2, 0) is 0 Å². The Morgan fingerprint density at radius 1 is 1.08 bits per heavy atom. The van der Waals surface area contributed by atoms with Crippen LogP contribution in [0.2, 0.25) is 0 Å². The summed E-state index contributed by atoms with van der Waals surface area (Å²) in [6.45, 7) is 3.93. The number of aryl methyl sites for hydroxylation is 1. The summed E-state index contributed by atoms with van der Waals surface area (Å²) in [4.78, 5) is 12.3. The Morgan fingerprint density at radius 3 is 2.38 bits per heavy atom. The van der Waals surface area contributed by atoms with Crippen LogP contribution < -0.4 is 4.74 Å². The van der Waals surface area contributed by atoms with Gasteiger partial charge in [0.15, 0.2) is 0 Å². The molecule has 26 heavy (non-hydrogen) atoms. The van der Waals surface area contributed by atoms with Crippen molar-refractivity contribution >= 4 is 5.97 Å². The molecule has 0 heterocycles. The van der Waals surface area contributed by atoms with Gasteiger partial charge in [-0.1, -0.05) is 38.0 Å². The van der Waals surface area contributed by atoms with E-state index in [-0.39, 0.29) is 11.6 Å². The van der Waals surface area contributed by atoms with Gasteiger partial charge in [0, 0.05) is 6.07 Å². The molecule has 0 saturated heterocycles. The van der Waals surface area contributed by atoms with E-state index in [1.807, 2.05) is 24.3 Å². The van der Waals surface area contributed by atoms with Crippen molar-refractivity contribution < 1.29 is 13.9 Å². The summed E-state index contributed by atoms with van der Waals surface area (Å²) in [7, 11) is 0. The van der Waals surface area contributed by atoms with Crippen LogP contribution >= 0.6 is 0 Å². The second-order valence-corrected chi connectivity index (χ2v) is 7.43. The van der Waals surface area contributed by atoms with Gasteiger partial charge >= 0.3 is 5.97 Å². The third kappa shape index (κ3) is 4.51. The molecule has 0 aromatic heterocycles. The van der Waals surface area contributed by atoms with Gasteiger partial charge in [-0.05, 0) is 73.8 Å². The molecule has 3 heteroatoms. The fraction of sp³-hybridized carbons (Fsp3) is 0.435. The normalized spacial score (nSPS) is 20.0. The largest absolute Gasteiger partial charge is 0.423 e. The maximum atomic E-state index is 13.6. The molecule has 1 saturated carbocycles.